The molecule has 0 fully saturated rings. The van der Waals surface area contributed by atoms with E-state index in [0.717, 1.165) is 32.2 Å². The van der Waals surface area contributed by atoms with E-state index in [2.05, 4.69) is 51.2 Å². The Morgan fingerprint density at radius 3 is 2.55 bits per heavy atom. The van der Waals surface area contributed by atoms with Crippen molar-refractivity contribution in [3.05, 3.63) is 35.0 Å². The Morgan fingerprint density at radius 1 is 1.10 bits per heavy atom. The highest BCUT2D eigenvalue weighted by atomic mass is 14.9. The summed E-state index contributed by atoms with van der Waals surface area (Å²) in [7, 11) is 0. The zero-order valence-electron chi connectivity index (χ0n) is 13.2. The third-order valence-corrected chi connectivity index (χ3v) is 3.83. The average Bonchev–Trinajstić information content (AvgIpc) is 2.45. The quantitative estimate of drug-likeness (QED) is 0.809. The summed E-state index contributed by atoms with van der Waals surface area (Å²) < 4.78 is 0. The van der Waals surface area contributed by atoms with E-state index in [1.807, 2.05) is 0 Å². The van der Waals surface area contributed by atoms with Crippen LogP contribution in [0, 0.1) is 6.92 Å². The molecule has 0 aliphatic heterocycles. The molecule has 0 radical (unpaired) electrons. The van der Waals surface area contributed by atoms with Crippen molar-refractivity contribution in [3.63, 3.8) is 0 Å². The lowest BCUT2D eigenvalue weighted by Gasteiger charge is -2.17. The second-order valence-corrected chi connectivity index (χ2v) is 5.39. The predicted octanol–water partition coefficient (Wildman–Crippen LogP) is 4.88. The van der Waals surface area contributed by atoms with E-state index < -0.39 is 0 Å². The third kappa shape index (κ3) is 2.79. The van der Waals surface area contributed by atoms with Gasteiger partial charge in [-0.25, -0.2) is 0 Å². The van der Waals surface area contributed by atoms with E-state index in [0.29, 0.717) is 0 Å². The number of pyridine rings is 1. The van der Waals surface area contributed by atoms with Crippen LogP contribution < -0.4 is 5.32 Å². The molecular weight excluding hydrogens is 244 g/mol. The number of benzene rings is 1. The Hall–Kier alpha value is -1.57. The molecule has 0 aliphatic carbocycles. The maximum absolute atomic E-state index is 4.89. The Kier molecular flexibility index (Phi) is 4.99. The number of para-hydroxylation sites is 1. The van der Waals surface area contributed by atoms with Crippen LogP contribution in [0.25, 0.3) is 10.9 Å². The number of aryl methyl sites for hydroxylation is 2. The van der Waals surface area contributed by atoms with Crippen LogP contribution in [-0.4, -0.2) is 11.5 Å². The van der Waals surface area contributed by atoms with E-state index in [4.69, 9.17) is 4.98 Å². The van der Waals surface area contributed by atoms with Gasteiger partial charge in [0.25, 0.3) is 0 Å². The highest BCUT2D eigenvalue weighted by Gasteiger charge is 2.12. The van der Waals surface area contributed by atoms with Crippen molar-refractivity contribution in [1.29, 1.82) is 0 Å². The van der Waals surface area contributed by atoms with Gasteiger partial charge in [0.1, 0.15) is 0 Å². The summed E-state index contributed by atoms with van der Waals surface area (Å²) in [5.74, 6) is 0. The topological polar surface area (TPSA) is 24.9 Å². The summed E-state index contributed by atoms with van der Waals surface area (Å²) >= 11 is 0. The van der Waals surface area contributed by atoms with Crippen molar-refractivity contribution >= 4 is 16.6 Å². The fourth-order valence-corrected chi connectivity index (χ4v) is 2.86. The van der Waals surface area contributed by atoms with Crippen molar-refractivity contribution in [3.8, 4) is 0 Å². The van der Waals surface area contributed by atoms with Gasteiger partial charge in [-0.15, -0.1) is 0 Å². The van der Waals surface area contributed by atoms with Crippen LogP contribution >= 0.6 is 0 Å². The molecule has 0 atom stereocenters. The van der Waals surface area contributed by atoms with E-state index in [1.54, 1.807) is 0 Å². The minimum atomic E-state index is 1.02. The summed E-state index contributed by atoms with van der Waals surface area (Å²) in [4.78, 5) is 4.89. The summed E-state index contributed by atoms with van der Waals surface area (Å²) in [5, 5.41) is 4.91. The van der Waals surface area contributed by atoms with Gasteiger partial charge in [-0.1, -0.05) is 45.4 Å². The lowest BCUT2D eigenvalue weighted by Crippen LogP contribution is -2.07. The van der Waals surface area contributed by atoms with Crippen LogP contribution in [0.3, 0.4) is 0 Å². The first kappa shape index (κ1) is 14.8. The van der Waals surface area contributed by atoms with Crippen LogP contribution in [-0.2, 0) is 12.8 Å². The molecule has 1 aromatic heterocycles. The monoisotopic (exact) mass is 270 g/mol. The predicted molar refractivity (Wildman–Crippen MR) is 88.6 cm³/mol. The molecule has 0 saturated carbocycles. The number of hydrogen-bond acceptors (Lipinski definition) is 2. The zero-order valence-corrected chi connectivity index (χ0v) is 13.2. The van der Waals surface area contributed by atoms with Gasteiger partial charge >= 0.3 is 0 Å². The normalized spacial score (nSPS) is 11.0. The molecule has 1 aromatic carbocycles. The first-order valence-electron chi connectivity index (χ1n) is 7.87. The fraction of sp³-hybridized carbons (Fsp3) is 0.500. The lowest BCUT2D eigenvalue weighted by molar-refractivity contribution is 0.923. The summed E-state index contributed by atoms with van der Waals surface area (Å²) in [5.41, 5.74) is 6.38. The molecule has 2 nitrogen and oxygen atoms in total. The van der Waals surface area contributed by atoms with Crippen molar-refractivity contribution in [2.75, 3.05) is 11.9 Å². The van der Waals surface area contributed by atoms with Gasteiger partial charge in [-0.2, -0.15) is 0 Å². The van der Waals surface area contributed by atoms with E-state index in [9.17, 15) is 0 Å². The average molecular weight is 270 g/mol. The summed E-state index contributed by atoms with van der Waals surface area (Å²) in [6.07, 6.45) is 4.43. The number of anilines is 1. The highest BCUT2D eigenvalue weighted by molar-refractivity contribution is 5.95. The van der Waals surface area contributed by atoms with Gasteiger partial charge in [0, 0.05) is 23.3 Å². The minimum Gasteiger partial charge on any atom is -0.384 e. The second kappa shape index (κ2) is 6.74. The number of hydrogen-bond donors (Lipinski definition) is 1. The number of fused-ring (bicyclic) bond motifs is 1. The van der Waals surface area contributed by atoms with Crippen molar-refractivity contribution in [2.24, 2.45) is 0 Å². The molecule has 2 aromatic rings. The molecule has 2 heteroatoms. The summed E-state index contributed by atoms with van der Waals surface area (Å²) in [6, 6.07) is 6.59. The first-order valence-corrected chi connectivity index (χ1v) is 7.87. The Labute approximate surface area is 122 Å². The van der Waals surface area contributed by atoms with Crippen LogP contribution in [0.1, 0.15) is 50.4 Å². The van der Waals surface area contributed by atoms with E-state index in [-0.39, 0.29) is 0 Å². The standard InChI is InChI=1S/C18H26N2/c1-5-9-14-10-8-11-16-17(14)20-13(4)15(7-3)18(16)19-12-6-2/h8,10-11H,5-7,9,12H2,1-4H3,(H,19,20). The van der Waals surface area contributed by atoms with Crippen LogP contribution in [0.2, 0.25) is 0 Å². The lowest BCUT2D eigenvalue weighted by atomic mass is 9.99. The molecule has 1 N–H and O–H groups in total. The van der Waals surface area contributed by atoms with Crippen molar-refractivity contribution in [1.82, 2.24) is 4.98 Å². The largest absolute Gasteiger partial charge is 0.384 e. The minimum absolute atomic E-state index is 1.02. The molecule has 108 valence electrons. The number of rotatable bonds is 6. The molecule has 0 spiro atoms. The maximum atomic E-state index is 4.89. The van der Waals surface area contributed by atoms with Crippen LogP contribution in [0.5, 0.6) is 0 Å². The number of aromatic nitrogens is 1. The Balaban J connectivity index is 2.67. The number of nitrogens with one attached hydrogen (secondary N) is 1. The second-order valence-electron chi connectivity index (χ2n) is 5.39. The fourth-order valence-electron chi connectivity index (χ4n) is 2.86. The van der Waals surface area contributed by atoms with Gasteiger partial charge in [0.05, 0.1) is 5.52 Å². The van der Waals surface area contributed by atoms with Gasteiger partial charge < -0.3 is 5.32 Å². The van der Waals surface area contributed by atoms with Gasteiger partial charge in [-0.3, -0.25) is 4.98 Å². The van der Waals surface area contributed by atoms with E-state index in [1.165, 1.54) is 33.4 Å². The molecule has 0 amide bonds. The maximum Gasteiger partial charge on any atom is 0.0758 e. The van der Waals surface area contributed by atoms with Crippen LogP contribution in [0.4, 0.5) is 5.69 Å². The third-order valence-electron chi connectivity index (χ3n) is 3.83. The van der Waals surface area contributed by atoms with Crippen molar-refractivity contribution in [2.45, 2.75) is 53.4 Å². The molecule has 20 heavy (non-hydrogen) atoms. The van der Waals surface area contributed by atoms with Gasteiger partial charge in [0.2, 0.25) is 0 Å². The first-order chi connectivity index (χ1) is 9.72. The zero-order chi connectivity index (χ0) is 14.5. The smallest absolute Gasteiger partial charge is 0.0758 e. The Bertz CT molecular complexity index is 587. The number of nitrogens with zero attached hydrogens (tertiary/aromatic N) is 1. The molecular formula is C18H26N2. The molecule has 1 heterocycles. The SMILES string of the molecule is CCCNc1c(CC)c(C)nc2c(CCC)cccc12. The molecule has 2 rings (SSSR count). The van der Waals surface area contributed by atoms with Crippen molar-refractivity contribution < 1.29 is 0 Å². The molecule has 0 aliphatic rings. The molecule has 0 bridgehead atoms. The summed E-state index contributed by atoms with van der Waals surface area (Å²) in [6.45, 7) is 9.80. The Morgan fingerprint density at radius 2 is 1.90 bits per heavy atom. The molecule has 0 unspecified atom stereocenters. The van der Waals surface area contributed by atoms with E-state index >= 15 is 0 Å². The van der Waals surface area contributed by atoms with Gasteiger partial charge in [0.15, 0.2) is 0 Å². The molecule has 0 saturated heterocycles. The van der Waals surface area contributed by atoms with Gasteiger partial charge in [-0.05, 0) is 37.3 Å². The highest BCUT2D eigenvalue weighted by Crippen LogP contribution is 2.31. The van der Waals surface area contributed by atoms with Crippen LogP contribution in [0.15, 0.2) is 18.2 Å².